The van der Waals surface area contributed by atoms with E-state index in [1.807, 2.05) is 42.6 Å². The highest BCUT2D eigenvalue weighted by molar-refractivity contribution is 6.31. The topological polar surface area (TPSA) is 89.4 Å². The largest absolute Gasteiger partial charge is 0.497 e. The van der Waals surface area contributed by atoms with E-state index in [0.29, 0.717) is 17.9 Å². The second-order valence-corrected chi connectivity index (χ2v) is 7.53. The number of barbiturate groups is 1. The number of hydrogen-bond donors (Lipinski definition) is 2. The first-order chi connectivity index (χ1) is 15.5. The fourth-order valence-corrected chi connectivity index (χ4v) is 4.05. The lowest BCUT2D eigenvalue weighted by Crippen LogP contribution is -2.51. The number of nitrogens with zero attached hydrogens (tertiary/aromatic N) is 1. The highest BCUT2D eigenvalue weighted by atomic mass is 16.5. The quantitative estimate of drug-likeness (QED) is 0.386. The number of carbonyl (C=O) groups excluding carboxylic acids is 3. The van der Waals surface area contributed by atoms with Crippen LogP contribution < -0.4 is 15.4 Å². The second kappa shape index (κ2) is 7.70. The average Bonchev–Trinajstić information content (AvgIpc) is 3.12. The molecule has 0 saturated carbocycles. The van der Waals surface area contributed by atoms with Crippen LogP contribution in [0.2, 0.25) is 0 Å². The van der Waals surface area contributed by atoms with E-state index in [1.54, 1.807) is 7.11 Å². The van der Waals surface area contributed by atoms with Crippen LogP contribution in [0.5, 0.6) is 5.75 Å². The number of imide groups is 2. The van der Waals surface area contributed by atoms with Crippen LogP contribution in [0.4, 0.5) is 4.79 Å². The zero-order valence-corrected chi connectivity index (χ0v) is 17.2. The van der Waals surface area contributed by atoms with Crippen molar-refractivity contribution >= 4 is 45.6 Å². The molecule has 158 valence electrons. The monoisotopic (exact) mass is 425 g/mol. The van der Waals surface area contributed by atoms with Crippen molar-refractivity contribution in [2.75, 3.05) is 7.11 Å². The fourth-order valence-electron chi connectivity index (χ4n) is 4.05. The lowest BCUT2D eigenvalue weighted by molar-refractivity contribution is -0.123. The first-order valence-corrected chi connectivity index (χ1v) is 10.1. The molecule has 1 fully saturated rings. The predicted molar refractivity (Wildman–Crippen MR) is 121 cm³/mol. The molecule has 7 heteroatoms. The van der Waals surface area contributed by atoms with Gasteiger partial charge < -0.3 is 9.30 Å². The van der Waals surface area contributed by atoms with Gasteiger partial charge in [0.1, 0.15) is 11.3 Å². The van der Waals surface area contributed by atoms with Gasteiger partial charge in [0.15, 0.2) is 0 Å². The Bertz CT molecular complexity index is 1420. The van der Waals surface area contributed by atoms with Gasteiger partial charge in [-0.2, -0.15) is 0 Å². The smallest absolute Gasteiger partial charge is 0.328 e. The normalized spacial score (nSPS) is 13.9. The van der Waals surface area contributed by atoms with Crippen LogP contribution in [0.1, 0.15) is 11.1 Å². The number of aromatic nitrogens is 1. The number of methoxy groups -OCH3 is 1. The van der Waals surface area contributed by atoms with Crippen molar-refractivity contribution in [2.24, 2.45) is 0 Å². The van der Waals surface area contributed by atoms with Gasteiger partial charge in [-0.25, -0.2) is 4.79 Å². The predicted octanol–water partition coefficient (Wildman–Crippen LogP) is 3.60. The molecule has 0 radical (unpaired) electrons. The number of fused-ring (bicyclic) bond motifs is 2. The van der Waals surface area contributed by atoms with Gasteiger partial charge in [-0.05, 0) is 40.6 Å². The van der Waals surface area contributed by atoms with Crippen molar-refractivity contribution in [3.63, 3.8) is 0 Å². The molecule has 4 amide bonds. The zero-order valence-electron chi connectivity index (χ0n) is 17.2. The van der Waals surface area contributed by atoms with Gasteiger partial charge >= 0.3 is 6.03 Å². The maximum Gasteiger partial charge on any atom is 0.328 e. The molecule has 4 aromatic rings. The van der Waals surface area contributed by atoms with Crippen LogP contribution in [-0.4, -0.2) is 29.5 Å². The lowest BCUT2D eigenvalue weighted by Gasteiger charge is -2.13. The molecule has 0 unspecified atom stereocenters. The van der Waals surface area contributed by atoms with E-state index in [9.17, 15) is 14.4 Å². The molecular formula is C25H19N3O4. The summed E-state index contributed by atoms with van der Waals surface area (Å²) in [4.78, 5) is 35.8. The van der Waals surface area contributed by atoms with E-state index in [0.717, 1.165) is 27.2 Å². The highest BCUT2D eigenvalue weighted by Gasteiger charge is 2.28. The summed E-state index contributed by atoms with van der Waals surface area (Å²) < 4.78 is 7.45. The second-order valence-electron chi connectivity index (χ2n) is 7.53. The Balaban J connectivity index is 1.65. The molecule has 2 heterocycles. The number of ether oxygens (including phenoxy) is 1. The maximum atomic E-state index is 12.2. The van der Waals surface area contributed by atoms with Crippen molar-refractivity contribution in [1.29, 1.82) is 0 Å². The molecule has 1 aromatic heterocycles. The molecule has 32 heavy (non-hydrogen) atoms. The summed E-state index contributed by atoms with van der Waals surface area (Å²) in [7, 11) is 1.58. The minimum Gasteiger partial charge on any atom is -0.497 e. The van der Waals surface area contributed by atoms with Crippen molar-refractivity contribution in [1.82, 2.24) is 15.2 Å². The molecular weight excluding hydrogens is 406 g/mol. The first kappa shape index (κ1) is 19.6. The Kier molecular flexibility index (Phi) is 4.71. The van der Waals surface area contributed by atoms with Gasteiger partial charge in [0.2, 0.25) is 0 Å². The van der Waals surface area contributed by atoms with E-state index >= 15 is 0 Å². The number of nitrogens with one attached hydrogen (secondary N) is 2. The van der Waals surface area contributed by atoms with Gasteiger partial charge in [-0.3, -0.25) is 20.2 Å². The van der Waals surface area contributed by atoms with E-state index in [1.165, 1.54) is 6.08 Å². The van der Waals surface area contributed by atoms with Crippen molar-refractivity contribution in [3.8, 4) is 5.75 Å². The molecule has 0 spiro atoms. The summed E-state index contributed by atoms with van der Waals surface area (Å²) in [5.74, 6) is -0.791. The van der Waals surface area contributed by atoms with Crippen LogP contribution in [0.15, 0.2) is 72.4 Å². The molecule has 0 atom stereocenters. The van der Waals surface area contributed by atoms with Crippen LogP contribution >= 0.6 is 0 Å². The molecule has 1 saturated heterocycles. The maximum absolute atomic E-state index is 12.2. The SMILES string of the molecule is COc1ccc2c(c1)c(C=C1C(=O)NC(=O)NC1=O)cn2Cc1cccc2ccccc12. The van der Waals surface area contributed by atoms with Crippen molar-refractivity contribution in [2.45, 2.75) is 6.54 Å². The van der Waals surface area contributed by atoms with E-state index < -0.39 is 17.8 Å². The average molecular weight is 425 g/mol. The Labute approximate surface area is 183 Å². The van der Waals surface area contributed by atoms with Crippen molar-refractivity contribution in [3.05, 3.63) is 83.6 Å². The standard InChI is InChI=1S/C25H19N3O4/c1-32-18-9-10-22-20(12-18)17(11-21-23(29)26-25(31)27-24(21)30)14-28(22)13-16-7-4-6-15-5-2-3-8-19(15)16/h2-12,14H,13H2,1H3,(H2,26,27,29,30,31). The lowest BCUT2D eigenvalue weighted by atomic mass is 10.0. The number of rotatable bonds is 4. The minimum absolute atomic E-state index is 0.128. The Morgan fingerprint density at radius 1 is 0.906 bits per heavy atom. The number of hydrogen-bond acceptors (Lipinski definition) is 4. The van der Waals surface area contributed by atoms with E-state index in [4.69, 9.17) is 4.74 Å². The fraction of sp³-hybridized carbons (Fsp3) is 0.0800. The molecule has 0 aliphatic carbocycles. The Morgan fingerprint density at radius 2 is 1.66 bits per heavy atom. The van der Waals surface area contributed by atoms with Gasteiger partial charge in [0.05, 0.1) is 7.11 Å². The van der Waals surface area contributed by atoms with Gasteiger partial charge in [0, 0.05) is 29.2 Å². The molecule has 2 N–H and O–H groups in total. The Morgan fingerprint density at radius 3 is 2.44 bits per heavy atom. The summed E-state index contributed by atoms with van der Waals surface area (Å²) in [6, 6.07) is 19.3. The summed E-state index contributed by atoms with van der Waals surface area (Å²) in [5, 5.41) is 7.36. The number of amides is 4. The number of urea groups is 1. The summed E-state index contributed by atoms with van der Waals surface area (Å²) in [6.07, 6.45) is 3.40. The van der Waals surface area contributed by atoms with Gasteiger partial charge in [-0.1, -0.05) is 42.5 Å². The number of carbonyl (C=O) groups is 3. The van der Waals surface area contributed by atoms with Crippen LogP contribution in [0.25, 0.3) is 27.8 Å². The highest BCUT2D eigenvalue weighted by Crippen LogP contribution is 2.30. The summed E-state index contributed by atoms with van der Waals surface area (Å²) in [6.45, 7) is 0.601. The third kappa shape index (κ3) is 3.39. The summed E-state index contributed by atoms with van der Waals surface area (Å²) >= 11 is 0. The molecule has 1 aliphatic heterocycles. The molecule has 7 nitrogen and oxygen atoms in total. The van der Waals surface area contributed by atoms with E-state index in [2.05, 4.69) is 39.5 Å². The van der Waals surface area contributed by atoms with Crippen LogP contribution in [0, 0.1) is 0 Å². The Hall–Kier alpha value is -4.39. The molecule has 1 aliphatic rings. The van der Waals surface area contributed by atoms with Gasteiger partial charge in [-0.15, -0.1) is 0 Å². The third-order valence-electron chi connectivity index (χ3n) is 5.58. The van der Waals surface area contributed by atoms with Crippen LogP contribution in [-0.2, 0) is 16.1 Å². The number of benzene rings is 3. The molecule has 5 rings (SSSR count). The zero-order chi connectivity index (χ0) is 22.2. The van der Waals surface area contributed by atoms with Gasteiger partial charge in [0.25, 0.3) is 11.8 Å². The molecule has 3 aromatic carbocycles. The van der Waals surface area contributed by atoms with E-state index in [-0.39, 0.29) is 5.57 Å². The minimum atomic E-state index is -0.822. The molecule has 0 bridgehead atoms. The van der Waals surface area contributed by atoms with Crippen molar-refractivity contribution < 1.29 is 19.1 Å². The van der Waals surface area contributed by atoms with Crippen LogP contribution in [0.3, 0.4) is 0 Å². The third-order valence-corrected chi connectivity index (χ3v) is 5.58. The summed E-state index contributed by atoms with van der Waals surface area (Å²) in [5.41, 5.74) is 2.62. The first-order valence-electron chi connectivity index (χ1n) is 10.1.